The molecule has 0 aliphatic rings. The van der Waals surface area contributed by atoms with E-state index in [2.05, 4.69) is 15.9 Å². The predicted octanol–water partition coefficient (Wildman–Crippen LogP) is 4.22. The topological polar surface area (TPSA) is 46.2 Å². The number of hydrogen-bond donors (Lipinski definition) is 2. The summed E-state index contributed by atoms with van der Waals surface area (Å²) >= 11 is 3.01. The summed E-state index contributed by atoms with van der Waals surface area (Å²) in [6.45, 7) is 5.39. The van der Waals surface area contributed by atoms with Crippen LogP contribution in [0.3, 0.4) is 0 Å². The van der Waals surface area contributed by atoms with Crippen molar-refractivity contribution in [2.24, 2.45) is 11.1 Å². The maximum Gasteiger partial charge on any atom is 0.420 e. The van der Waals surface area contributed by atoms with Crippen molar-refractivity contribution in [1.82, 2.24) is 0 Å². The normalized spacial score (nSPS) is 14.7. The van der Waals surface area contributed by atoms with Crippen LogP contribution in [0.2, 0.25) is 0 Å². The van der Waals surface area contributed by atoms with Gasteiger partial charge >= 0.3 is 6.18 Å². The van der Waals surface area contributed by atoms with Gasteiger partial charge < -0.3 is 10.8 Å². The minimum atomic E-state index is -4.61. The number of rotatable bonds is 1. The van der Waals surface area contributed by atoms with Gasteiger partial charge in [-0.1, -0.05) is 36.7 Å². The van der Waals surface area contributed by atoms with Crippen molar-refractivity contribution in [2.45, 2.75) is 33.0 Å². The fourth-order valence-corrected chi connectivity index (χ4v) is 2.02. The van der Waals surface area contributed by atoms with Crippen molar-refractivity contribution >= 4 is 15.9 Å². The zero-order valence-electron chi connectivity index (χ0n) is 10.3. The first-order valence-corrected chi connectivity index (χ1v) is 6.09. The van der Waals surface area contributed by atoms with Crippen LogP contribution >= 0.6 is 15.9 Å². The maximum atomic E-state index is 12.7. The van der Waals surface area contributed by atoms with Gasteiger partial charge in [0.15, 0.2) is 0 Å². The maximum absolute atomic E-state index is 12.7. The van der Waals surface area contributed by atoms with Crippen molar-refractivity contribution in [1.29, 1.82) is 0 Å². The third kappa shape index (κ3) is 3.17. The van der Waals surface area contributed by atoms with Gasteiger partial charge in [-0.2, -0.15) is 13.2 Å². The van der Waals surface area contributed by atoms with Gasteiger partial charge in [-0.25, -0.2) is 0 Å². The highest BCUT2D eigenvalue weighted by atomic mass is 79.9. The Bertz CT molecular complexity index is 452. The van der Waals surface area contributed by atoms with Crippen LogP contribution in [0.25, 0.3) is 0 Å². The lowest BCUT2D eigenvalue weighted by molar-refractivity contribution is -0.138. The van der Waals surface area contributed by atoms with Crippen molar-refractivity contribution in [3.05, 3.63) is 27.7 Å². The van der Waals surface area contributed by atoms with Crippen LogP contribution in [0.1, 0.15) is 37.9 Å². The zero-order valence-corrected chi connectivity index (χ0v) is 11.9. The SMILES string of the molecule is CC(C)(C)[C@H](N)c1cc(Br)cc(C(F)(F)F)c1O. The molecular weight excluding hydrogens is 311 g/mol. The minimum Gasteiger partial charge on any atom is -0.507 e. The van der Waals surface area contributed by atoms with E-state index in [0.717, 1.165) is 6.07 Å². The Kier molecular flexibility index (Phi) is 4.03. The number of benzene rings is 1. The van der Waals surface area contributed by atoms with Gasteiger partial charge in [0, 0.05) is 16.1 Å². The largest absolute Gasteiger partial charge is 0.507 e. The minimum absolute atomic E-state index is 0.0872. The van der Waals surface area contributed by atoms with Gasteiger partial charge in [0.1, 0.15) is 5.75 Å². The first-order valence-electron chi connectivity index (χ1n) is 5.29. The van der Waals surface area contributed by atoms with Crippen molar-refractivity contribution < 1.29 is 18.3 Å². The first-order chi connectivity index (χ1) is 7.94. The number of nitrogens with two attached hydrogens (primary N) is 1. The molecule has 1 aromatic rings. The molecule has 1 aromatic carbocycles. The molecule has 18 heavy (non-hydrogen) atoms. The average molecular weight is 326 g/mol. The van der Waals surface area contributed by atoms with Crippen LogP contribution in [0.4, 0.5) is 13.2 Å². The highest BCUT2D eigenvalue weighted by Crippen LogP contribution is 2.44. The number of phenolic OH excluding ortho intramolecular Hbond substituents is 1. The van der Waals surface area contributed by atoms with E-state index in [4.69, 9.17) is 5.73 Å². The molecule has 0 radical (unpaired) electrons. The van der Waals surface area contributed by atoms with Crippen LogP contribution in [0.5, 0.6) is 5.75 Å². The Morgan fingerprint density at radius 3 is 2.11 bits per heavy atom. The standard InChI is InChI=1S/C12H15BrF3NO/c1-11(2,3)10(17)7-4-6(13)5-8(9(7)18)12(14,15)16/h4-5,10,18H,17H2,1-3H3/t10-/m1/s1. The molecule has 6 heteroatoms. The van der Waals surface area contributed by atoms with E-state index in [1.807, 2.05) is 0 Å². The summed E-state index contributed by atoms with van der Waals surface area (Å²) in [7, 11) is 0. The van der Waals surface area contributed by atoms with E-state index < -0.39 is 28.9 Å². The molecular formula is C12H15BrF3NO. The molecule has 0 spiro atoms. The number of phenols is 1. The molecule has 0 aliphatic heterocycles. The molecule has 0 saturated carbocycles. The highest BCUT2D eigenvalue weighted by molar-refractivity contribution is 9.10. The Hall–Kier alpha value is -0.750. The Labute approximate surface area is 112 Å². The molecule has 0 heterocycles. The van der Waals surface area contributed by atoms with Crippen LogP contribution in [-0.4, -0.2) is 5.11 Å². The monoisotopic (exact) mass is 325 g/mol. The van der Waals surface area contributed by atoms with Crippen LogP contribution in [0, 0.1) is 5.41 Å². The summed E-state index contributed by atoms with van der Waals surface area (Å²) in [6, 6.07) is 1.56. The number of alkyl halides is 3. The first kappa shape index (κ1) is 15.3. The fourth-order valence-electron chi connectivity index (χ4n) is 1.54. The summed E-state index contributed by atoms with van der Waals surface area (Å²) in [6.07, 6.45) is -4.61. The molecule has 102 valence electrons. The van der Waals surface area contributed by atoms with Gasteiger partial charge in [0.25, 0.3) is 0 Å². The Balaban J connectivity index is 3.44. The predicted molar refractivity (Wildman–Crippen MR) is 67.2 cm³/mol. The Morgan fingerprint density at radius 2 is 1.72 bits per heavy atom. The molecule has 1 rings (SSSR count). The van der Waals surface area contributed by atoms with Crippen LogP contribution in [-0.2, 0) is 6.18 Å². The second kappa shape index (κ2) is 4.74. The van der Waals surface area contributed by atoms with E-state index in [1.54, 1.807) is 20.8 Å². The van der Waals surface area contributed by atoms with Gasteiger partial charge in [0.05, 0.1) is 5.56 Å². The summed E-state index contributed by atoms with van der Waals surface area (Å²) < 4.78 is 38.5. The molecule has 1 atom stereocenters. The molecule has 0 aliphatic carbocycles. The molecule has 3 N–H and O–H groups in total. The van der Waals surface area contributed by atoms with E-state index >= 15 is 0 Å². The second-order valence-electron chi connectivity index (χ2n) is 5.23. The summed E-state index contributed by atoms with van der Waals surface area (Å²) in [4.78, 5) is 0. The van der Waals surface area contributed by atoms with Gasteiger partial charge in [-0.3, -0.25) is 0 Å². The van der Waals surface area contributed by atoms with Crippen molar-refractivity contribution in [3.8, 4) is 5.75 Å². The quantitative estimate of drug-likeness (QED) is 0.812. The van der Waals surface area contributed by atoms with E-state index in [1.165, 1.54) is 6.07 Å². The lowest BCUT2D eigenvalue weighted by atomic mass is 9.82. The molecule has 2 nitrogen and oxygen atoms in total. The highest BCUT2D eigenvalue weighted by Gasteiger charge is 2.37. The lowest BCUT2D eigenvalue weighted by Crippen LogP contribution is -2.26. The van der Waals surface area contributed by atoms with Crippen LogP contribution < -0.4 is 5.73 Å². The summed E-state index contributed by atoms with van der Waals surface area (Å²) in [5.41, 5.74) is 4.46. The average Bonchev–Trinajstić information content (AvgIpc) is 2.17. The van der Waals surface area contributed by atoms with E-state index in [9.17, 15) is 18.3 Å². The summed E-state index contributed by atoms with van der Waals surface area (Å²) in [5, 5.41) is 9.76. The smallest absolute Gasteiger partial charge is 0.420 e. The molecule has 0 aromatic heterocycles. The van der Waals surface area contributed by atoms with E-state index in [-0.39, 0.29) is 10.0 Å². The third-order valence-electron chi connectivity index (χ3n) is 2.68. The van der Waals surface area contributed by atoms with E-state index in [0.29, 0.717) is 0 Å². The molecule has 0 amide bonds. The fraction of sp³-hybridized carbons (Fsp3) is 0.500. The number of halogens is 4. The second-order valence-corrected chi connectivity index (χ2v) is 6.15. The molecule has 0 fully saturated rings. The molecule has 0 unspecified atom stereocenters. The Morgan fingerprint density at radius 1 is 1.22 bits per heavy atom. The van der Waals surface area contributed by atoms with Gasteiger partial charge in [-0.05, 0) is 17.5 Å². The molecule has 0 bridgehead atoms. The third-order valence-corrected chi connectivity index (χ3v) is 3.14. The van der Waals surface area contributed by atoms with Crippen LogP contribution in [0.15, 0.2) is 16.6 Å². The van der Waals surface area contributed by atoms with Crippen molar-refractivity contribution in [2.75, 3.05) is 0 Å². The summed E-state index contributed by atoms with van der Waals surface area (Å²) in [5.74, 6) is -0.798. The van der Waals surface area contributed by atoms with Crippen molar-refractivity contribution in [3.63, 3.8) is 0 Å². The van der Waals surface area contributed by atoms with Gasteiger partial charge in [-0.15, -0.1) is 0 Å². The number of aromatic hydroxyl groups is 1. The van der Waals surface area contributed by atoms with Gasteiger partial charge in [0.2, 0.25) is 0 Å². The molecule has 0 saturated heterocycles. The number of hydrogen-bond acceptors (Lipinski definition) is 2. The zero-order chi connectivity index (χ0) is 14.3. The lowest BCUT2D eigenvalue weighted by Gasteiger charge is -2.29.